The van der Waals surface area contributed by atoms with Crippen LogP contribution in [-0.2, 0) is 22.5 Å². The first kappa shape index (κ1) is 22.1. The van der Waals surface area contributed by atoms with Crippen molar-refractivity contribution in [3.05, 3.63) is 53.9 Å². The standard InChI is InChI=1S/C25H30N4O3/c1-4-31-25(30)20-12-22(13-20)27-15-21-10-9-19(14-26-21)24-28-23(29-32-24)18-7-5-17(6-8-18)11-16(2)3/h5-10,14,16,20,22,27H,4,11-13,15H2,1-3H3. The number of nitrogens with one attached hydrogen (secondary N) is 1. The molecule has 0 atom stereocenters. The van der Waals surface area contributed by atoms with Gasteiger partial charge in [-0.2, -0.15) is 4.98 Å². The number of rotatable bonds is 9. The van der Waals surface area contributed by atoms with E-state index in [0.717, 1.165) is 36.1 Å². The molecule has 2 heterocycles. The fourth-order valence-electron chi connectivity index (χ4n) is 3.86. The highest BCUT2D eigenvalue weighted by atomic mass is 16.5. The van der Waals surface area contributed by atoms with Gasteiger partial charge in [-0.05, 0) is 49.8 Å². The number of benzene rings is 1. The molecular formula is C25H30N4O3. The zero-order chi connectivity index (χ0) is 22.5. The van der Waals surface area contributed by atoms with E-state index in [1.807, 2.05) is 31.2 Å². The van der Waals surface area contributed by atoms with E-state index in [1.165, 1.54) is 5.56 Å². The normalized spacial score (nSPS) is 17.9. The zero-order valence-electron chi connectivity index (χ0n) is 18.9. The molecule has 0 radical (unpaired) electrons. The Balaban J connectivity index is 1.30. The monoisotopic (exact) mass is 434 g/mol. The molecule has 1 fully saturated rings. The molecule has 4 rings (SSSR count). The lowest BCUT2D eigenvalue weighted by Crippen LogP contribution is -2.44. The molecule has 1 N–H and O–H groups in total. The average molecular weight is 435 g/mol. The van der Waals surface area contributed by atoms with Crippen LogP contribution in [0, 0.1) is 11.8 Å². The van der Waals surface area contributed by atoms with Crippen LogP contribution in [0.5, 0.6) is 0 Å². The Morgan fingerprint density at radius 2 is 1.91 bits per heavy atom. The lowest BCUT2D eigenvalue weighted by Gasteiger charge is -2.34. The minimum Gasteiger partial charge on any atom is -0.466 e. The van der Waals surface area contributed by atoms with Gasteiger partial charge in [-0.3, -0.25) is 9.78 Å². The SMILES string of the molecule is CCOC(=O)C1CC(NCc2ccc(-c3nc(-c4ccc(CC(C)C)cc4)no3)cn2)C1. The van der Waals surface area contributed by atoms with Crippen molar-refractivity contribution in [2.75, 3.05) is 6.61 Å². The topological polar surface area (TPSA) is 90.1 Å². The smallest absolute Gasteiger partial charge is 0.309 e. The van der Waals surface area contributed by atoms with E-state index in [1.54, 1.807) is 6.20 Å². The van der Waals surface area contributed by atoms with Gasteiger partial charge in [0.25, 0.3) is 5.89 Å². The molecule has 1 aliphatic rings. The molecule has 0 bridgehead atoms. The summed E-state index contributed by atoms with van der Waals surface area (Å²) in [6.45, 7) is 7.35. The van der Waals surface area contributed by atoms with Gasteiger partial charge in [-0.15, -0.1) is 0 Å². The van der Waals surface area contributed by atoms with Crippen molar-refractivity contribution >= 4 is 5.97 Å². The van der Waals surface area contributed by atoms with Crippen molar-refractivity contribution in [1.29, 1.82) is 0 Å². The molecule has 32 heavy (non-hydrogen) atoms. The highest BCUT2D eigenvalue weighted by Crippen LogP contribution is 2.29. The summed E-state index contributed by atoms with van der Waals surface area (Å²) in [7, 11) is 0. The van der Waals surface area contributed by atoms with Gasteiger partial charge in [0.2, 0.25) is 5.82 Å². The number of hydrogen-bond donors (Lipinski definition) is 1. The first-order valence-corrected chi connectivity index (χ1v) is 11.3. The van der Waals surface area contributed by atoms with Gasteiger partial charge >= 0.3 is 5.97 Å². The molecule has 0 saturated heterocycles. The Morgan fingerprint density at radius 3 is 2.56 bits per heavy atom. The van der Waals surface area contributed by atoms with Gasteiger partial charge < -0.3 is 14.6 Å². The van der Waals surface area contributed by atoms with Crippen LogP contribution in [0.1, 0.15) is 44.9 Å². The Bertz CT molecular complexity index is 1020. The van der Waals surface area contributed by atoms with Gasteiger partial charge in [-0.1, -0.05) is 43.3 Å². The number of carbonyl (C=O) groups excluding carboxylic acids is 1. The maximum absolute atomic E-state index is 11.7. The quantitative estimate of drug-likeness (QED) is 0.498. The Morgan fingerprint density at radius 1 is 1.16 bits per heavy atom. The summed E-state index contributed by atoms with van der Waals surface area (Å²) in [5.74, 6) is 1.59. The van der Waals surface area contributed by atoms with Gasteiger partial charge in [0.1, 0.15) is 0 Å². The highest BCUT2D eigenvalue weighted by molar-refractivity contribution is 5.73. The third-order valence-electron chi connectivity index (χ3n) is 5.68. The van der Waals surface area contributed by atoms with E-state index < -0.39 is 0 Å². The number of pyridine rings is 1. The molecule has 1 saturated carbocycles. The second kappa shape index (κ2) is 10.0. The average Bonchev–Trinajstić information content (AvgIpc) is 3.23. The van der Waals surface area contributed by atoms with Crippen molar-refractivity contribution in [2.45, 2.75) is 52.6 Å². The fraction of sp³-hybridized carbons (Fsp3) is 0.440. The number of hydrogen-bond acceptors (Lipinski definition) is 7. The van der Waals surface area contributed by atoms with Crippen molar-refractivity contribution in [1.82, 2.24) is 20.4 Å². The molecule has 0 unspecified atom stereocenters. The van der Waals surface area contributed by atoms with Crippen LogP contribution in [0.15, 0.2) is 47.1 Å². The molecule has 3 aromatic rings. The maximum Gasteiger partial charge on any atom is 0.309 e. The maximum atomic E-state index is 11.7. The van der Waals surface area contributed by atoms with Gasteiger partial charge in [0.05, 0.1) is 23.8 Å². The van der Waals surface area contributed by atoms with Crippen LogP contribution in [0.3, 0.4) is 0 Å². The summed E-state index contributed by atoms with van der Waals surface area (Å²) < 4.78 is 10.5. The van der Waals surface area contributed by atoms with Crippen molar-refractivity contribution in [3.8, 4) is 22.8 Å². The van der Waals surface area contributed by atoms with Crippen molar-refractivity contribution < 1.29 is 14.1 Å². The largest absolute Gasteiger partial charge is 0.466 e. The van der Waals surface area contributed by atoms with Gasteiger partial charge in [0.15, 0.2) is 0 Å². The molecule has 2 aromatic heterocycles. The van der Waals surface area contributed by atoms with E-state index in [9.17, 15) is 4.79 Å². The summed E-state index contributed by atoms with van der Waals surface area (Å²) >= 11 is 0. The van der Waals surface area contributed by atoms with Crippen LogP contribution in [0.2, 0.25) is 0 Å². The summed E-state index contributed by atoms with van der Waals surface area (Å²) in [5, 5.41) is 7.57. The zero-order valence-corrected chi connectivity index (χ0v) is 18.9. The Labute approximate surface area is 188 Å². The molecular weight excluding hydrogens is 404 g/mol. The van der Waals surface area contributed by atoms with Gasteiger partial charge in [-0.25, -0.2) is 0 Å². The van der Waals surface area contributed by atoms with E-state index in [4.69, 9.17) is 9.26 Å². The van der Waals surface area contributed by atoms with Gasteiger partial charge in [0, 0.05) is 24.3 Å². The number of ether oxygens (including phenoxy) is 1. The van der Waals surface area contributed by atoms with Crippen LogP contribution < -0.4 is 5.32 Å². The second-order valence-corrected chi connectivity index (χ2v) is 8.75. The minimum absolute atomic E-state index is 0.0286. The van der Waals surface area contributed by atoms with E-state index in [-0.39, 0.29) is 11.9 Å². The van der Waals surface area contributed by atoms with Crippen molar-refractivity contribution in [3.63, 3.8) is 0 Å². The summed E-state index contributed by atoms with van der Waals surface area (Å²) in [6.07, 6.45) is 4.44. The lowest BCUT2D eigenvalue weighted by atomic mass is 9.80. The third-order valence-corrected chi connectivity index (χ3v) is 5.68. The molecule has 1 aromatic carbocycles. The number of esters is 1. The van der Waals surface area contributed by atoms with E-state index >= 15 is 0 Å². The molecule has 168 valence electrons. The minimum atomic E-state index is -0.0848. The summed E-state index contributed by atoms with van der Waals surface area (Å²) in [6, 6.07) is 12.5. The molecule has 0 spiro atoms. The molecule has 1 aliphatic carbocycles. The van der Waals surface area contributed by atoms with E-state index in [2.05, 4.69) is 46.4 Å². The molecule has 0 amide bonds. The Kier molecular flexibility index (Phi) is 6.95. The molecule has 7 nitrogen and oxygen atoms in total. The summed E-state index contributed by atoms with van der Waals surface area (Å²) in [5.41, 5.74) is 3.95. The summed E-state index contributed by atoms with van der Waals surface area (Å²) in [4.78, 5) is 20.7. The number of aromatic nitrogens is 3. The molecule has 7 heteroatoms. The first-order valence-electron chi connectivity index (χ1n) is 11.3. The van der Waals surface area contributed by atoms with E-state index in [0.29, 0.717) is 36.8 Å². The van der Waals surface area contributed by atoms with Crippen LogP contribution >= 0.6 is 0 Å². The van der Waals surface area contributed by atoms with Crippen LogP contribution in [-0.4, -0.2) is 33.7 Å². The third kappa shape index (κ3) is 5.40. The van der Waals surface area contributed by atoms with Crippen LogP contribution in [0.25, 0.3) is 22.8 Å². The predicted molar refractivity (Wildman–Crippen MR) is 121 cm³/mol. The second-order valence-electron chi connectivity index (χ2n) is 8.75. The fourth-order valence-corrected chi connectivity index (χ4v) is 3.86. The Hall–Kier alpha value is -3.06. The number of carbonyl (C=O) groups is 1. The van der Waals surface area contributed by atoms with Crippen LogP contribution in [0.4, 0.5) is 0 Å². The molecule has 0 aliphatic heterocycles. The predicted octanol–water partition coefficient (Wildman–Crippen LogP) is 4.43. The first-order chi connectivity index (χ1) is 15.5. The lowest BCUT2D eigenvalue weighted by molar-refractivity contribution is -0.151. The number of nitrogens with zero attached hydrogens (tertiary/aromatic N) is 3. The highest BCUT2D eigenvalue weighted by Gasteiger charge is 2.35. The van der Waals surface area contributed by atoms with Crippen molar-refractivity contribution in [2.24, 2.45) is 11.8 Å².